The third-order valence-electron chi connectivity index (χ3n) is 12.0. The summed E-state index contributed by atoms with van der Waals surface area (Å²) in [5.41, 5.74) is 4.62. The average Bonchev–Trinajstić information content (AvgIpc) is 3.27. The van der Waals surface area contributed by atoms with Crippen molar-refractivity contribution in [3.8, 4) is 0 Å². The van der Waals surface area contributed by atoms with Gasteiger partial charge < -0.3 is 0 Å². The van der Waals surface area contributed by atoms with Crippen LogP contribution in [0.2, 0.25) is 0 Å². The molecule has 5 aliphatic carbocycles. The van der Waals surface area contributed by atoms with Crippen molar-refractivity contribution >= 4 is 18.5 Å². The van der Waals surface area contributed by atoms with Crippen LogP contribution in [0.3, 0.4) is 0 Å². The predicted octanol–water partition coefficient (Wildman–Crippen LogP) is 13.5. The molecule has 0 bridgehead atoms. The van der Waals surface area contributed by atoms with Crippen LogP contribution < -0.4 is 0 Å². The molecule has 0 aromatic rings. The molecule has 0 spiro atoms. The zero-order valence-corrected chi connectivity index (χ0v) is 31.6. The molecule has 0 aromatic carbocycles. The molecule has 0 radical (unpaired) electrons. The van der Waals surface area contributed by atoms with Crippen molar-refractivity contribution in [2.75, 3.05) is 0 Å². The minimum absolute atomic E-state index is 0. The molecular weight excluding hydrogens is 530 g/mol. The maximum absolute atomic E-state index is 2.77. The topological polar surface area (TPSA) is 0 Å². The van der Waals surface area contributed by atoms with Crippen molar-refractivity contribution in [1.29, 1.82) is 0 Å². The van der Waals surface area contributed by atoms with Crippen molar-refractivity contribution in [2.24, 2.45) is 52.3 Å². The van der Waals surface area contributed by atoms with E-state index in [9.17, 15) is 0 Å². The third-order valence-corrected chi connectivity index (χ3v) is 12.6. The lowest BCUT2D eigenvalue weighted by molar-refractivity contribution is -0.0518. The van der Waals surface area contributed by atoms with Crippen molar-refractivity contribution in [1.82, 2.24) is 0 Å². The van der Waals surface area contributed by atoms with E-state index in [0.717, 1.165) is 46.8 Å². The van der Waals surface area contributed by atoms with Gasteiger partial charge in [0.2, 0.25) is 0 Å². The van der Waals surface area contributed by atoms with Crippen LogP contribution >= 0.6 is 18.5 Å². The molecule has 4 unspecified atom stereocenters. The Morgan fingerprint density at radius 3 is 2.12 bits per heavy atom. The largest absolute Gasteiger partial charge is 0.130 e. The Hall–Kier alpha value is 0.0800. The van der Waals surface area contributed by atoms with Gasteiger partial charge in [0.05, 0.1) is 0 Å². The van der Waals surface area contributed by atoms with Crippen LogP contribution in [0, 0.1) is 52.3 Å². The van der Waals surface area contributed by atoms with E-state index in [0.29, 0.717) is 10.8 Å². The van der Waals surface area contributed by atoms with Crippen LogP contribution in [-0.4, -0.2) is 5.40 Å². The van der Waals surface area contributed by atoms with Crippen LogP contribution in [0.4, 0.5) is 0 Å². The van der Waals surface area contributed by atoms with E-state index < -0.39 is 0 Å². The van der Waals surface area contributed by atoms with Gasteiger partial charge in [-0.3, -0.25) is 0 Å². The fourth-order valence-corrected chi connectivity index (χ4v) is 10.4. The van der Waals surface area contributed by atoms with Crippen molar-refractivity contribution in [3.05, 3.63) is 35.5 Å². The van der Waals surface area contributed by atoms with Gasteiger partial charge in [0.15, 0.2) is 0 Å². The highest BCUT2D eigenvalue weighted by molar-refractivity contribution is 7.37. The minimum atomic E-state index is 0. The van der Waals surface area contributed by atoms with Crippen LogP contribution in [0.15, 0.2) is 35.5 Å². The van der Waals surface area contributed by atoms with E-state index >= 15 is 0 Å². The Morgan fingerprint density at radius 1 is 0.902 bits per heavy atom. The van der Waals surface area contributed by atoms with Gasteiger partial charge in [-0.1, -0.05) is 125 Å². The maximum atomic E-state index is 2.77. The Morgan fingerprint density at radius 2 is 1.59 bits per heavy atom. The molecule has 3 fully saturated rings. The average molecular weight is 607 g/mol. The lowest BCUT2D eigenvalue weighted by Gasteiger charge is -2.58. The van der Waals surface area contributed by atoms with E-state index in [1.54, 1.807) is 5.57 Å². The lowest BCUT2D eigenvalue weighted by atomic mass is 9.46. The van der Waals surface area contributed by atoms with Crippen LogP contribution in [0.1, 0.15) is 156 Å². The number of allylic oxidation sites excluding steroid dienone is 6. The summed E-state index contributed by atoms with van der Waals surface area (Å²) in [6.07, 6.45) is 28.3. The third kappa shape index (κ3) is 8.84. The molecule has 5 aliphatic rings. The molecule has 5 rings (SSSR count). The van der Waals surface area contributed by atoms with Crippen LogP contribution in [-0.2, 0) is 0 Å². The summed E-state index contributed by atoms with van der Waals surface area (Å²) in [5, 5.41) is 0.731. The normalized spacial score (nSPS) is 35.5. The SMILES string of the molecule is CC.CC.CC(C)CCC[C@@H](C)[C@H]1CCC2[C@@H]3CC=C4C[C@@H](C5=CC=C5)CC[C@]4(C)C3CC[C@@]21C.CCCC(P)P.[HH].[HH]. The van der Waals surface area contributed by atoms with Crippen molar-refractivity contribution < 1.29 is 2.85 Å². The van der Waals surface area contributed by atoms with Gasteiger partial charge in [0.25, 0.3) is 0 Å². The first-order valence-corrected chi connectivity index (χ1v) is 19.5. The van der Waals surface area contributed by atoms with E-state index in [-0.39, 0.29) is 2.85 Å². The van der Waals surface area contributed by atoms with Gasteiger partial charge in [-0.05, 0) is 121 Å². The zero-order chi connectivity index (χ0) is 30.8. The molecule has 0 amide bonds. The first kappa shape index (κ1) is 37.3. The maximum Gasteiger partial charge on any atom is 0 e. The van der Waals surface area contributed by atoms with E-state index in [1.165, 1.54) is 83.5 Å². The monoisotopic (exact) mass is 607 g/mol. The first-order chi connectivity index (χ1) is 19.6. The summed E-state index contributed by atoms with van der Waals surface area (Å²) in [6.45, 7) is 23.0. The molecule has 41 heavy (non-hydrogen) atoms. The quantitative estimate of drug-likeness (QED) is 0.190. The lowest BCUT2D eigenvalue weighted by Crippen LogP contribution is -2.50. The Labute approximate surface area is 266 Å². The van der Waals surface area contributed by atoms with Crippen molar-refractivity contribution in [2.45, 2.75) is 158 Å². The molecule has 0 nitrogen and oxygen atoms in total. The molecule has 0 saturated heterocycles. The summed E-state index contributed by atoms with van der Waals surface area (Å²) >= 11 is 0. The van der Waals surface area contributed by atoms with Gasteiger partial charge in [-0.2, -0.15) is 0 Å². The molecule has 0 heterocycles. The van der Waals surface area contributed by atoms with E-state index in [4.69, 9.17) is 0 Å². The van der Waals surface area contributed by atoms with Gasteiger partial charge in [-0.25, -0.2) is 0 Å². The number of rotatable bonds is 8. The Balaban J connectivity index is 0.00000130. The number of hydrogen-bond donors (Lipinski definition) is 0. The number of hydrogen-bond acceptors (Lipinski definition) is 0. The van der Waals surface area contributed by atoms with E-state index in [2.05, 4.69) is 84.3 Å². The standard InChI is InChI=1S/C31H48.C4H12P2.2C2H6.2H2/c1-21(2)8-6-9-22(3)27-14-15-28-26-13-12-25-20-24(23-10-7-11-23)16-18-30(25,4)29(26)17-19-31(27,28)5;1-2-3-4(5)6;2*1-2;;/h7,10-12,21-22,24,26-29H,6,8-9,13-20H2,1-5H3;4H,2-3,5-6H2,1H3;2*1-2H3;2*1H/t22-,24+,26+,27-,28?,29?,30+,31-;;;;;/m1...../s1. The fourth-order valence-electron chi connectivity index (χ4n) is 9.78. The summed E-state index contributed by atoms with van der Waals surface area (Å²) in [6, 6.07) is 0. The van der Waals surface area contributed by atoms with Crippen molar-refractivity contribution in [3.63, 3.8) is 0 Å². The second kappa shape index (κ2) is 17.5. The van der Waals surface area contributed by atoms with Crippen LogP contribution in [0.5, 0.6) is 0 Å². The zero-order valence-electron chi connectivity index (χ0n) is 29.3. The Kier molecular flexibility index (Phi) is 15.9. The van der Waals surface area contributed by atoms with E-state index in [1.807, 2.05) is 33.3 Å². The second-order valence-electron chi connectivity index (χ2n) is 14.7. The molecular formula is C39H76P2. The minimum Gasteiger partial charge on any atom is -0.130 e. The summed E-state index contributed by atoms with van der Waals surface area (Å²) in [5.74, 6) is 6.52. The molecule has 0 aromatic heterocycles. The summed E-state index contributed by atoms with van der Waals surface area (Å²) in [4.78, 5) is 0. The first-order valence-electron chi connectivity index (χ1n) is 18.2. The molecule has 242 valence electrons. The highest BCUT2D eigenvalue weighted by Crippen LogP contribution is 2.67. The Bertz CT molecular complexity index is 861. The second-order valence-corrected chi connectivity index (χ2v) is 17.2. The van der Waals surface area contributed by atoms with Crippen LogP contribution in [0.25, 0.3) is 0 Å². The predicted molar refractivity (Wildman–Crippen MR) is 199 cm³/mol. The smallest absolute Gasteiger partial charge is 0 e. The fraction of sp³-hybridized carbons (Fsp3) is 0.846. The van der Waals surface area contributed by atoms with Gasteiger partial charge >= 0.3 is 0 Å². The summed E-state index contributed by atoms with van der Waals surface area (Å²) < 4.78 is 0. The molecule has 3 saturated carbocycles. The molecule has 10 atom stereocenters. The van der Waals surface area contributed by atoms with Gasteiger partial charge in [0.1, 0.15) is 0 Å². The molecule has 0 N–H and O–H groups in total. The van der Waals surface area contributed by atoms with Gasteiger partial charge in [0, 0.05) is 2.85 Å². The highest BCUT2D eigenvalue weighted by Gasteiger charge is 2.59. The number of fused-ring (bicyclic) bond motifs is 5. The highest BCUT2D eigenvalue weighted by atomic mass is 31.1. The summed E-state index contributed by atoms with van der Waals surface area (Å²) in [7, 11) is 5.48. The van der Waals surface area contributed by atoms with Gasteiger partial charge in [-0.15, -0.1) is 18.5 Å². The molecule has 2 heteroatoms. The molecule has 0 aliphatic heterocycles.